The minimum atomic E-state index is -0.655. The number of carbonyl (C=O) groups is 2. The maximum Gasteiger partial charge on any atom is 0.408 e. The summed E-state index contributed by atoms with van der Waals surface area (Å²) in [5.74, 6) is -0.0610. The highest BCUT2D eigenvalue weighted by Gasteiger charge is 2.30. The van der Waals surface area contributed by atoms with Crippen LogP contribution < -0.4 is 5.32 Å². The van der Waals surface area contributed by atoms with Crippen LogP contribution in [0, 0.1) is 0 Å². The van der Waals surface area contributed by atoms with Crippen LogP contribution in [0.15, 0.2) is 60.7 Å². The van der Waals surface area contributed by atoms with E-state index in [1.54, 1.807) is 0 Å². The molecule has 2 amide bonds. The van der Waals surface area contributed by atoms with Crippen molar-refractivity contribution < 1.29 is 14.3 Å². The summed E-state index contributed by atoms with van der Waals surface area (Å²) >= 11 is 0. The molecule has 6 heteroatoms. The number of piperazine rings is 1. The Kier molecular flexibility index (Phi) is 7.69. The smallest absolute Gasteiger partial charge is 0.408 e. The number of nitrogens with zero attached hydrogens (tertiary/aromatic N) is 2. The van der Waals surface area contributed by atoms with E-state index in [9.17, 15) is 9.59 Å². The van der Waals surface area contributed by atoms with Gasteiger partial charge in [-0.2, -0.15) is 0 Å². The lowest BCUT2D eigenvalue weighted by molar-refractivity contribution is -0.135. The number of hydrogen-bond acceptors (Lipinski definition) is 4. The molecule has 3 rings (SSSR count). The Morgan fingerprint density at radius 1 is 0.903 bits per heavy atom. The second-order valence-electron chi connectivity index (χ2n) is 8.98. The molecule has 31 heavy (non-hydrogen) atoms. The van der Waals surface area contributed by atoms with Gasteiger partial charge in [-0.25, -0.2) is 4.79 Å². The van der Waals surface area contributed by atoms with E-state index in [4.69, 9.17) is 4.74 Å². The number of ether oxygens (including phenoxy) is 1. The lowest BCUT2D eigenvalue weighted by Gasteiger charge is -2.36. The summed E-state index contributed by atoms with van der Waals surface area (Å²) < 4.78 is 5.40. The number of nitrogens with one attached hydrogen (secondary N) is 1. The van der Waals surface area contributed by atoms with E-state index < -0.39 is 17.7 Å². The standard InChI is InChI=1S/C25H33N3O3/c1-25(2,3)31-24(30)26-22(18-20-10-6-4-7-11-20)23(29)28-16-14-27(15-17-28)19-21-12-8-5-9-13-21/h4-13,22H,14-19H2,1-3H3,(H,26,30). The molecule has 0 spiro atoms. The average Bonchev–Trinajstić information content (AvgIpc) is 2.73. The summed E-state index contributed by atoms with van der Waals surface area (Å²) in [5, 5.41) is 2.80. The highest BCUT2D eigenvalue weighted by atomic mass is 16.6. The molecule has 1 saturated heterocycles. The third-order valence-corrected chi connectivity index (χ3v) is 5.20. The average molecular weight is 424 g/mol. The second kappa shape index (κ2) is 10.4. The van der Waals surface area contributed by atoms with Crippen molar-refractivity contribution in [1.82, 2.24) is 15.1 Å². The molecule has 1 aliphatic heterocycles. The topological polar surface area (TPSA) is 61.9 Å². The Balaban J connectivity index is 1.61. The first kappa shape index (κ1) is 22.8. The highest BCUT2D eigenvalue weighted by Crippen LogP contribution is 2.13. The molecule has 1 N–H and O–H groups in total. The fourth-order valence-electron chi connectivity index (χ4n) is 3.69. The van der Waals surface area contributed by atoms with Crippen LogP contribution >= 0.6 is 0 Å². The fourth-order valence-corrected chi connectivity index (χ4v) is 3.69. The third-order valence-electron chi connectivity index (χ3n) is 5.20. The molecular weight excluding hydrogens is 390 g/mol. The summed E-state index contributed by atoms with van der Waals surface area (Å²) in [6.07, 6.45) is -0.132. The fraction of sp³-hybridized carbons (Fsp3) is 0.440. The van der Waals surface area contributed by atoms with Gasteiger partial charge in [0.25, 0.3) is 0 Å². The van der Waals surface area contributed by atoms with Crippen molar-refractivity contribution in [1.29, 1.82) is 0 Å². The molecule has 0 bridgehead atoms. The molecule has 1 atom stereocenters. The number of hydrogen-bond donors (Lipinski definition) is 1. The zero-order chi connectivity index (χ0) is 22.3. The molecule has 2 aromatic rings. The van der Waals surface area contributed by atoms with Gasteiger partial charge in [-0.15, -0.1) is 0 Å². The van der Waals surface area contributed by atoms with E-state index in [0.29, 0.717) is 19.5 Å². The molecule has 6 nitrogen and oxygen atoms in total. The van der Waals surface area contributed by atoms with Crippen molar-refractivity contribution in [3.8, 4) is 0 Å². The van der Waals surface area contributed by atoms with Crippen molar-refractivity contribution in [2.75, 3.05) is 26.2 Å². The normalized spacial score (nSPS) is 15.9. The Labute approximate surface area is 185 Å². The summed E-state index contributed by atoms with van der Waals surface area (Å²) in [5.41, 5.74) is 1.66. The molecule has 1 aliphatic rings. The lowest BCUT2D eigenvalue weighted by atomic mass is 10.0. The van der Waals surface area contributed by atoms with E-state index in [-0.39, 0.29) is 5.91 Å². The van der Waals surface area contributed by atoms with Gasteiger partial charge in [-0.1, -0.05) is 60.7 Å². The minimum Gasteiger partial charge on any atom is -0.444 e. The van der Waals surface area contributed by atoms with Crippen molar-refractivity contribution in [2.24, 2.45) is 0 Å². The van der Waals surface area contributed by atoms with Crippen molar-refractivity contribution in [2.45, 2.75) is 45.4 Å². The van der Waals surface area contributed by atoms with Crippen molar-refractivity contribution in [3.05, 3.63) is 71.8 Å². The van der Waals surface area contributed by atoms with Gasteiger partial charge in [-0.05, 0) is 31.9 Å². The first-order valence-electron chi connectivity index (χ1n) is 10.9. The van der Waals surface area contributed by atoms with Crippen LogP contribution in [0.4, 0.5) is 4.79 Å². The van der Waals surface area contributed by atoms with Crippen LogP contribution in [0.3, 0.4) is 0 Å². The number of carbonyl (C=O) groups excluding carboxylic acids is 2. The summed E-state index contributed by atoms with van der Waals surface area (Å²) in [4.78, 5) is 29.9. The van der Waals surface area contributed by atoms with Gasteiger partial charge in [-0.3, -0.25) is 9.69 Å². The van der Waals surface area contributed by atoms with Crippen molar-refractivity contribution in [3.63, 3.8) is 0 Å². The molecule has 1 heterocycles. The largest absolute Gasteiger partial charge is 0.444 e. The maximum absolute atomic E-state index is 13.3. The summed E-state index contributed by atoms with van der Waals surface area (Å²) in [6.45, 7) is 9.23. The Morgan fingerprint density at radius 2 is 1.45 bits per heavy atom. The van der Waals surface area contributed by atoms with E-state index in [2.05, 4.69) is 22.3 Å². The van der Waals surface area contributed by atoms with Gasteiger partial charge >= 0.3 is 6.09 Å². The molecule has 0 saturated carbocycles. The number of alkyl carbamates (subject to hydrolysis) is 1. The van der Waals surface area contributed by atoms with Crippen LogP contribution in [0.25, 0.3) is 0 Å². The summed E-state index contributed by atoms with van der Waals surface area (Å²) in [7, 11) is 0. The van der Waals surface area contributed by atoms with Crippen LogP contribution in [0.1, 0.15) is 31.9 Å². The molecule has 1 fully saturated rings. The Hall–Kier alpha value is -2.86. The molecule has 2 aromatic carbocycles. The van der Waals surface area contributed by atoms with Crippen molar-refractivity contribution >= 4 is 12.0 Å². The maximum atomic E-state index is 13.3. The molecule has 0 aliphatic carbocycles. The monoisotopic (exact) mass is 423 g/mol. The van der Waals surface area contributed by atoms with Gasteiger partial charge in [0.15, 0.2) is 0 Å². The number of benzene rings is 2. The van der Waals surface area contributed by atoms with E-state index in [1.807, 2.05) is 74.2 Å². The van der Waals surface area contributed by atoms with Gasteiger partial charge in [0.2, 0.25) is 5.91 Å². The predicted octanol–water partition coefficient (Wildman–Crippen LogP) is 3.47. The van der Waals surface area contributed by atoms with E-state index >= 15 is 0 Å². The number of rotatable bonds is 6. The predicted molar refractivity (Wildman–Crippen MR) is 122 cm³/mol. The highest BCUT2D eigenvalue weighted by molar-refractivity contribution is 5.86. The lowest BCUT2D eigenvalue weighted by Crippen LogP contribution is -2.55. The van der Waals surface area contributed by atoms with Crippen LogP contribution in [0.5, 0.6) is 0 Å². The van der Waals surface area contributed by atoms with E-state index in [1.165, 1.54) is 5.56 Å². The van der Waals surface area contributed by atoms with Gasteiger partial charge < -0.3 is 15.0 Å². The molecule has 1 unspecified atom stereocenters. The molecule has 166 valence electrons. The Morgan fingerprint density at radius 3 is 2.00 bits per heavy atom. The second-order valence-corrected chi connectivity index (χ2v) is 8.98. The van der Waals surface area contributed by atoms with Gasteiger partial charge in [0, 0.05) is 39.1 Å². The Bertz CT molecular complexity index is 841. The minimum absolute atomic E-state index is 0.0610. The van der Waals surface area contributed by atoms with Gasteiger partial charge in [0.05, 0.1) is 0 Å². The molecule has 0 aromatic heterocycles. The van der Waals surface area contributed by atoms with Crippen LogP contribution in [-0.2, 0) is 22.5 Å². The summed E-state index contributed by atoms with van der Waals surface area (Å²) in [6, 6.07) is 19.5. The molecule has 0 radical (unpaired) electrons. The number of amides is 2. The molecular formula is C25H33N3O3. The quantitative estimate of drug-likeness (QED) is 0.773. The zero-order valence-corrected chi connectivity index (χ0v) is 18.7. The first-order chi connectivity index (χ1) is 14.8. The van der Waals surface area contributed by atoms with E-state index in [0.717, 1.165) is 25.2 Å². The third kappa shape index (κ3) is 7.40. The first-order valence-corrected chi connectivity index (χ1v) is 10.9. The zero-order valence-electron chi connectivity index (χ0n) is 18.7. The van der Waals surface area contributed by atoms with Gasteiger partial charge in [0.1, 0.15) is 11.6 Å². The van der Waals surface area contributed by atoms with Crippen LogP contribution in [0.2, 0.25) is 0 Å². The van der Waals surface area contributed by atoms with Crippen LogP contribution in [-0.4, -0.2) is 59.6 Å². The SMILES string of the molecule is CC(C)(C)OC(=O)NC(Cc1ccccc1)C(=O)N1CCN(Cc2ccccc2)CC1.